The fraction of sp³-hybridized carbons (Fsp3) is 0.364. The molecule has 1 rings (SSSR count). The maximum atomic E-state index is 12.8. The third-order valence-corrected chi connectivity index (χ3v) is 2.26. The molecule has 17 heavy (non-hydrogen) atoms. The second kappa shape index (κ2) is 5.70. The molecule has 0 spiro atoms. The normalized spacial score (nSPS) is 14.4. The van der Waals surface area contributed by atoms with Gasteiger partial charge in [0.15, 0.2) is 0 Å². The molecule has 0 radical (unpaired) electrons. The highest BCUT2D eigenvalue weighted by Crippen LogP contribution is 2.15. The molecule has 0 saturated carbocycles. The van der Waals surface area contributed by atoms with Crippen molar-refractivity contribution in [1.82, 2.24) is 5.32 Å². The Morgan fingerprint density at radius 3 is 2.35 bits per heavy atom. The summed E-state index contributed by atoms with van der Waals surface area (Å²) >= 11 is 0. The average Bonchev–Trinajstić information content (AvgIpc) is 2.23. The second-order valence-corrected chi connectivity index (χ2v) is 3.69. The van der Waals surface area contributed by atoms with E-state index in [1.165, 1.54) is 6.92 Å². The van der Waals surface area contributed by atoms with Crippen molar-refractivity contribution in [1.29, 1.82) is 0 Å². The van der Waals surface area contributed by atoms with E-state index in [4.69, 9.17) is 5.11 Å². The van der Waals surface area contributed by atoms with Crippen LogP contribution in [0.15, 0.2) is 18.2 Å². The predicted octanol–water partition coefficient (Wildman–Crippen LogP) is 1.06. The van der Waals surface area contributed by atoms with E-state index in [0.717, 1.165) is 12.1 Å². The van der Waals surface area contributed by atoms with Crippen LogP contribution in [-0.2, 0) is 4.79 Å². The van der Waals surface area contributed by atoms with Crippen LogP contribution >= 0.6 is 0 Å². The van der Waals surface area contributed by atoms with Crippen LogP contribution < -0.4 is 5.32 Å². The van der Waals surface area contributed by atoms with Crippen LogP contribution in [0.25, 0.3) is 0 Å². The van der Waals surface area contributed by atoms with E-state index in [9.17, 15) is 18.7 Å². The van der Waals surface area contributed by atoms with Gasteiger partial charge in [0.2, 0.25) is 0 Å². The number of aliphatic hydroxyl groups excluding tert-OH is 1. The van der Waals surface area contributed by atoms with Crippen molar-refractivity contribution in [3.63, 3.8) is 0 Å². The molecule has 0 saturated heterocycles. The lowest BCUT2D eigenvalue weighted by molar-refractivity contribution is -0.139. The molecule has 6 heteroatoms. The maximum absolute atomic E-state index is 12.8. The van der Waals surface area contributed by atoms with Crippen LogP contribution in [0.1, 0.15) is 18.6 Å². The first-order valence-electron chi connectivity index (χ1n) is 5.00. The maximum Gasteiger partial charge on any atom is 0.320 e. The SMILES string of the molecule is C[C@H](NCC(O)c1cc(F)cc(F)c1)C(=O)O. The third-order valence-electron chi connectivity index (χ3n) is 2.26. The first kappa shape index (κ1) is 13.5. The zero-order valence-corrected chi connectivity index (χ0v) is 9.15. The topological polar surface area (TPSA) is 69.6 Å². The van der Waals surface area contributed by atoms with Gasteiger partial charge in [-0.1, -0.05) is 0 Å². The lowest BCUT2D eigenvalue weighted by atomic mass is 10.1. The van der Waals surface area contributed by atoms with Gasteiger partial charge in [0.05, 0.1) is 6.10 Å². The van der Waals surface area contributed by atoms with Crippen LogP contribution in [0.4, 0.5) is 8.78 Å². The quantitative estimate of drug-likeness (QED) is 0.725. The fourth-order valence-corrected chi connectivity index (χ4v) is 1.26. The highest BCUT2D eigenvalue weighted by Gasteiger charge is 2.14. The van der Waals surface area contributed by atoms with Gasteiger partial charge < -0.3 is 15.5 Å². The van der Waals surface area contributed by atoms with Crippen molar-refractivity contribution in [3.05, 3.63) is 35.4 Å². The number of aliphatic hydroxyl groups is 1. The summed E-state index contributed by atoms with van der Waals surface area (Å²) in [7, 11) is 0. The molecule has 0 fully saturated rings. The van der Waals surface area contributed by atoms with E-state index in [1.54, 1.807) is 0 Å². The highest BCUT2D eigenvalue weighted by atomic mass is 19.1. The summed E-state index contributed by atoms with van der Waals surface area (Å²) in [5, 5.41) is 20.7. The van der Waals surface area contributed by atoms with E-state index in [1.807, 2.05) is 0 Å². The Hall–Kier alpha value is -1.53. The fourth-order valence-electron chi connectivity index (χ4n) is 1.26. The van der Waals surface area contributed by atoms with Gasteiger partial charge >= 0.3 is 5.97 Å². The molecule has 0 aliphatic rings. The number of halogens is 2. The molecule has 0 aromatic heterocycles. The van der Waals surface area contributed by atoms with E-state index in [2.05, 4.69) is 5.32 Å². The van der Waals surface area contributed by atoms with Gasteiger partial charge in [-0.15, -0.1) is 0 Å². The van der Waals surface area contributed by atoms with E-state index in [-0.39, 0.29) is 12.1 Å². The molecule has 0 amide bonds. The number of carboxylic acids is 1. The summed E-state index contributed by atoms with van der Waals surface area (Å²) in [6, 6.07) is 1.86. The monoisotopic (exact) mass is 245 g/mol. The first-order valence-corrected chi connectivity index (χ1v) is 5.00. The van der Waals surface area contributed by atoms with Crippen LogP contribution in [0, 0.1) is 11.6 Å². The largest absolute Gasteiger partial charge is 0.480 e. The van der Waals surface area contributed by atoms with Gasteiger partial charge in [-0.2, -0.15) is 0 Å². The smallest absolute Gasteiger partial charge is 0.320 e. The molecular formula is C11H13F2NO3. The van der Waals surface area contributed by atoms with Gasteiger partial charge in [0.25, 0.3) is 0 Å². The number of benzene rings is 1. The number of nitrogens with one attached hydrogen (secondary N) is 1. The van der Waals surface area contributed by atoms with Crippen molar-refractivity contribution < 1.29 is 23.8 Å². The summed E-state index contributed by atoms with van der Waals surface area (Å²) < 4.78 is 25.7. The van der Waals surface area contributed by atoms with E-state index >= 15 is 0 Å². The van der Waals surface area contributed by atoms with Gasteiger partial charge in [0.1, 0.15) is 17.7 Å². The van der Waals surface area contributed by atoms with Crippen LogP contribution in [0.5, 0.6) is 0 Å². The molecule has 1 aromatic rings. The van der Waals surface area contributed by atoms with Crippen LogP contribution in [-0.4, -0.2) is 28.8 Å². The zero-order valence-electron chi connectivity index (χ0n) is 9.15. The molecule has 2 atom stereocenters. The highest BCUT2D eigenvalue weighted by molar-refractivity contribution is 5.72. The standard InChI is InChI=1S/C11H13F2NO3/c1-6(11(16)17)14-5-10(15)7-2-8(12)4-9(13)3-7/h2-4,6,10,14-15H,5H2,1H3,(H,16,17)/t6-,10?/m0/s1. The van der Waals surface area contributed by atoms with Gasteiger partial charge in [-0.3, -0.25) is 4.79 Å². The summed E-state index contributed by atoms with van der Waals surface area (Å²) in [6.45, 7) is 1.30. The first-order chi connectivity index (χ1) is 7.90. The van der Waals surface area contributed by atoms with Gasteiger partial charge in [-0.25, -0.2) is 8.78 Å². The van der Waals surface area contributed by atoms with Crippen molar-refractivity contribution in [2.75, 3.05) is 6.54 Å². The summed E-state index contributed by atoms with van der Waals surface area (Å²) in [6.07, 6.45) is -1.16. The number of aliphatic carboxylic acids is 1. The molecule has 1 unspecified atom stereocenters. The number of hydrogen-bond donors (Lipinski definition) is 3. The Kier molecular flexibility index (Phi) is 4.53. The molecule has 3 N–H and O–H groups in total. The molecule has 94 valence electrons. The minimum Gasteiger partial charge on any atom is -0.480 e. The molecule has 1 aromatic carbocycles. The molecular weight excluding hydrogens is 232 g/mol. The lowest BCUT2D eigenvalue weighted by Gasteiger charge is -2.14. The summed E-state index contributed by atoms with van der Waals surface area (Å²) in [4.78, 5) is 10.5. The van der Waals surface area contributed by atoms with E-state index in [0.29, 0.717) is 6.07 Å². The molecule has 0 aliphatic carbocycles. The Morgan fingerprint density at radius 1 is 1.35 bits per heavy atom. The molecule has 4 nitrogen and oxygen atoms in total. The minimum atomic E-state index is -1.16. The van der Waals surface area contributed by atoms with Gasteiger partial charge in [-0.05, 0) is 24.6 Å². The third kappa shape index (κ3) is 4.08. The van der Waals surface area contributed by atoms with Crippen molar-refractivity contribution in [2.24, 2.45) is 0 Å². The second-order valence-electron chi connectivity index (χ2n) is 3.69. The lowest BCUT2D eigenvalue weighted by Crippen LogP contribution is -2.36. The number of carboxylic acid groups (broad SMARTS) is 1. The Morgan fingerprint density at radius 2 is 1.88 bits per heavy atom. The van der Waals surface area contributed by atoms with Crippen LogP contribution in [0.2, 0.25) is 0 Å². The Balaban J connectivity index is 2.63. The van der Waals surface area contributed by atoms with Crippen LogP contribution in [0.3, 0.4) is 0 Å². The number of carbonyl (C=O) groups is 1. The summed E-state index contributed by atoms with van der Waals surface area (Å²) in [5.41, 5.74) is 0.0626. The molecule has 0 heterocycles. The zero-order chi connectivity index (χ0) is 13.0. The average molecular weight is 245 g/mol. The molecule has 0 bridgehead atoms. The number of hydrogen-bond acceptors (Lipinski definition) is 3. The molecule has 0 aliphatic heterocycles. The minimum absolute atomic E-state index is 0.0626. The van der Waals surface area contributed by atoms with Crippen molar-refractivity contribution in [2.45, 2.75) is 19.1 Å². The van der Waals surface area contributed by atoms with Crippen molar-refractivity contribution >= 4 is 5.97 Å². The predicted molar refractivity (Wildman–Crippen MR) is 56.4 cm³/mol. The summed E-state index contributed by atoms with van der Waals surface area (Å²) in [5.74, 6) is -2.64. The van der Waals surface area contributed by atoms with Crippen molar-refractivity contribution in [3.8, 4) is 0 Å². The number of rotatable bonds is 5. The Bertz CT molecular complexity index is 391. The van der Waals surface area contributed by atoms with E-state index < -0.39 is 29.7 Å². The van der Waals surface area contributed by atoms with Gasteiger partial charge in [0, 0.05) is 12.6 Å². The Labute approximate surface area is 96.9 Å².